The van der Waals surface area contributed by atoms with Crippen LogP contribution in [0, 0.1) is 0 Å². The molecule has 6 N–H and O–H groups in total. The first kappa shape index (κ1) is 82.6. The van der Waals surface area contributed by atoms with Gasteiger partial charge in [-0.2, -0.15) is 0 Å². The van der Waals surface area contributed by atoms with Crippen LogP contribution in [0.25, 0.3) is 0 Å². The van der Waals surface area contributed by atoms with E-state index >= 15 is 0 Å². The summed E-state index contributed by atoms with van der Waals surface area (Å²) in [6.45, 7) is 28.3. The van der Waals surface area contributed by atoms with Gasteiger partial charge in [-0.25, -0.2) is 0 Å². The minimum Gasteiger partial charge on any atom is -0.382 e. The maximum Gasteiger partial charge on any atom is 0.0932 e. The van der Waals surface area contributed by atoms with E-state index in [1.54, 1.807) is 4.90 Å². The molecule has 0 aliphatic carbocycles. The Morgan fingerprint density at radius 1 is 0.359 bits per heavy atom. The summed E-state index contributed by atoms with van der Waals surface area (Å²) >= 11 is 0. The van der Waals surface area contributed by atoms with E-state index in [-0.39, 0.29) is 6.10 Å². The van der Waals surface area contributed by atoms with Crippen molar-refractivity contribution < 1.29 is 19.1 Å². The van der Waals surface area contributed by atoms with Gasteiger partial charge in [0.2, 0.25) is 0 Å². The molecule has 0 heterocycles. The van der Waals surface area contributed by atoms with Crippen LogP contribution >= 0.6 is 0 Å². The molecular weight excluding hydrogens is 957 g/mol. The Hall–Kier alpha value is -1.84. The van der Waals surface area contributed by atoms with Crippen molar-refractivity contribution in [2.24, 2.45) is 11.5 Å². The van der Waals surface area contributed by atoms with Crippen LogP contribution in [0.1, 0.15) is 299 Å². The number of nitrogens with two attached hydrogens (primary N) is 2. The van der Waals surface area contributed by atoms with Crippen molar-refractivity contribution in [2.75, 3.05) is 78.8 Å². The van der Waals surface area contributed by atoms with E-state index in [0.717, 1.165) is 117 Å². The number of rotatable bonds is 58. The minimum atomic E-state index is 0.118. The van der Waals surface area contributed by atoms with Gasteiger partial charge < -0.3 is 35.9 Å². The summed E-state index contributed by atoms with van der Waals surface area (Å²) in [7, 11) is 0. The molecule has 0 aromatic carbocycles. The van der Waals surface area contributed by atoms with Gasteiger partial charge in [0.25, 0.3) is 0 Å². The quantitative estimate of drug-likeness (QED) is 0.0358. The highest BCUT2D eigenvalue weighted by Gasteiger charge is 2.12. The molecule has 0 aliphatic rings. The highest BCUT2D eigenvalue weighted by atomic mass is 16.5. The van der Waals surface area contributed by atoms with Gasteiger partial charge in [0.15, 0.2) is 0 Å². The van der Waals surface area contributed by atoms with Gasteiger partial charge in [0, 0.05) is 52.4 Å². The second-order valence-electron chi connectivity index (χ2n) is 21.7. The van der Waals surface area contributed by atoms with E-state index < -0.39 is 0 Å². The smallest absolute Gasteiger partial charge is 0.0932 e. The van der Waals surface area contributed by atoms with Gasteiger partial charge in [-0.05, 0) is 129 Å². The van der Waals surface area contributed by atoms with E-state index in [4.69, 9.17) is 25.7 Å². The van der Waals surface area contributed by atoms with Crippen molar-refractivity contribution >= 4 is 0 Å². The van der Waals surface area contributed by atoms with Crippen molar-refractivity contribution in [3.63, 3.8) is 0 Å². The lowest BCUT2D eigenvalue weighted by Crippen LogP contribution is -3.12. The Labute approximate surface area is 490 Å². The minimum absolute atomic E-state index is 0.118. The van der Waals surface area contributed by atoms with Crippen molar-refractivity contribution in [1.29, 1.82) is 0 Å². The Bertz CT molecular complexity index is 1180. The molecule has 464 valence electrons. The van der Waals surface area contributed by atoms with Crippen molar-refractivity contribution in [2.45, 2.75) is 305 Å². The second-order valence-corrected chi connectivity index (χ2v) is 21.7. The Morgan fingerprint density at radius 2 is 0.718 bits per heavy atom. The molecule has 0 radical (unpaired) electrons. The zero-order chi connectivity index (χ0) is 57.8. The van der Waals surface area contributed by atoms with Crippen LogP contribution in [-0.2, 0) is 14.2 Å². The van der Waals surface area contributed by atoms with Crippen LogP contribution in [0.3, 0.4) is 0 Å². The molecule has 0 saturated heterocycles. The number of hydrogen-bond donors (Lipinski definition) is 4. The van der Waals surface area contributed by atoms with Gasteiger partial charge in [0.05, 0.1) is 32.3 Å². The fourth-order valence-electron chi connectivity index (χ4n) is 8.34. The standard InChI is InChI=1S/C46H90N4O2.C18H34O.C4H10.C3H8/c1-3-5-7-9-11-13-15-17-19-21-22-24-26-28-30-32-42-51-45-46(44-49-38-41-50(39-34-36-47)40-35-37-48)52-43-33-31-29-27-25-23-20-18-16-14-12-10-8-6-4-2;1-3-5-6-7-8-9-10-11-12-13-14-15-16-17-18-19-4-2;1-3-4-2;1-3-2/h11-14,17-20,46,49H,3-10,15-16,21-45,47-48H2,1-2H3;6-7,9-10H,3-5,8,11-18H2,1-2H3;3-4H2,1-2H3;3H2,1-2H3/p+1/b13-11-,14-12-,19-17-,20-18-;7-6-,10-9-;;. The normalized spacial score (nSPS) is 12.2. The fourth-order valence-corrected chi connectivity index (χ4v) is 8.34. The first-order valence-corrected chi connectivity index (χ1v) is 34.1. The van der Waals surface area contributed by atoms with Crippen LogP contribution in [0.15, 0.2) is 72.9 Å². The molecule has 0 saturated carbocycles. The molecule has 7 heteroatoms. The predicted molar refractivity (Wildman–Crippen MR) is 354 cm³/mol. The van der Waals surface area contributed by atoms with E-state index in [9.17, 15) is 0 Å². The zero-order valence-corrected chi connectivity index (χ0v) is 54.2. The Morgan fingerprint density at radius 3 is 1.09 bits per heavy atom. The summed E-state index contributed by atoms with van der Waals surface area (Å²) in [5.74, 6) is 0. The zero-order valence-electron chi connectivity index (χ0n) is 54.2. The van der Waals surface area contributed by atoms with Crippen LogP contribution in [0.4, 0.5) is 0 Å². The summed E-state index contributed by atoms with van der Waals surface area (Å²) < 4.78 is 17.9. The van der Waals surface area contributed by atoms with Gasteiger partial charge in [-0.3, -0.25) is 0 Å². The highest BCUT2D eigenvalue weighted by molar-refractivity contribution is 4.94. The van der Waals surface area contributed by atoms with E-state index in [0.29, 0.717) is 6.61 Å². The summed E-state index contributed by atoms with van der Waals surface area (Å²) in [5, 5.41) is 3.68. The molecule has 0 amide bonds. The SMILES string of the molecule is CCC.CCC/C=C\C/C=C\CCCCCCCCOCC.CCCC.CCCCC/C=C\C/C=C\CCCCCCCCOCC(CNCC[NH+](CCCN)CCCN)OCCCCCCC/C=C\C/C=C\CCCCC. The van der Waals surface area contributed by atoms with E-state index in [1.807, 2.05) is 0 Å². The molecule has 78 heavy (non-hydrogen) atoms. The molecule has 0 rings (SSSR count). The molecule has 0 fully saturated rings. The summed E-state index contributed by atoms with van der Waals surface area (Å²) in [6.07, 6.45) is 76.0. The molecule has 0 spiro atoms. The molecule has 0 bridgehead atoms. The van der Waals surface area contributed by atoms with Crippen LogP contribution < -0.4 is 21.7 Å². The van der Waals surface area contributed by atoms with E-state index in [2.05, 4.69) is 134 Å². The fraction of sp³-hybridized carbons (Fsp3) is 0.831. The predicted octanol–water partition coefficient (Wildman–Crippen LogP) is 19.1. The molecule has 1 atom stereocenters. The summed E-state index contributed by atoms with van der Waals surface area (Å²) in [4.78, 5) is 1.60. The van der Waals surface area contributed by atoms with Crippen molar-refractivity contribution in [3.05, 3.63) is 72.9 Å². The van der Waals surface area contributed by atoms with Gasteiger partial charge in [0.1, 0.15) is 0 Å². The number of allylic oxidation sites excluding steroid dienone is 12. The van der Waals surface area contributed by atoms with Crippen molar-refractivity contribution in [3.8, 4) is 0 Å². The van der Waals surface area contributed by atoms with Gasteiger partial charge in [-0.1, -0.05) is 243 Å². The third kappa shape index (κ3) is 85.4. The average Bonchev–Trinajstić information content (AvgIpc) is 3.45. The molecule has 7 nitrogen and oxygen atoms in total. The molecule has 0 aromatic heterocycles. The Balaban J connectivity index is -0.000000864. The number of quaternary nitrogens is 1. The van der Waals surface area contributed by atoms with E-state index in [1.165, 1.54) is 199 Å². The lowest BCUT2D eigenvalue weighted by atomic mass is 10.1. The molecule has 0 aromatic rings. The number of ether oxygens (including phenoxy) is 3. The number of nitrogens with one attached hydrogen (secondary N) is 2. The molecule has 0 aliphatic heterocycles. The monoisotopic (exact) mass is 1100 g/mol. The van der Waals surface area contributed by atoms with Gasteiger partial charge >= 0.3 is 0 Å². The lowest BCUT2D eigenvalue weighted by molar-refractivity contribution is -0.899. The van der Waals surface area contributed by atoms with Crippen molar-refractivity contribution in [1.82, 2.24) is 5.32 Å². The van der Waals surface area contributed by atoms with Gasteiger partial charge in [-0.15, -0.1) is 0 Å². The highest BCUT2D eigenvalue weighted by Crippen LogP contribution is 2.11. The first-order chi connectivity index (χ1) is 38.5. The Kier molecular flexibility index (Phi) is 89.0. The van der Waals surface area contributed by atoms with Crippen LogP contribution in [0.2, 0.25) is 0 Å². The number of unbranched alkanes of at least 4 members (excludes halogenated alkanes) is 25. The van der Waals surface area contributed by atoms with Crippen LogP contribution in [-0.4, -0.2) is 85.0 Å². The maximum absolute atomic E-state index is 6.37. The third-order valence-corrected chi connectivity index (χ3v) is 13.4. The maximum atomic E-state index is 6.37. The third-order valence-electron chi connectivity index (χ3n) is 13.4. The first-order valence-electron chi connectivity index (χ1n) is 34.1. The topological polar surface area (TPSA) is 96.2 Å². The molecular formula is C71H143N4O3+. The summed E-state index contributed by atoms with van der Waals surface area (Å²) in [5.41, 5.74) is 11.6. The summed E-state index contributed by atoms with van der Waals surface area (Å²) in [6, 6.07) is 0. The lowest BCUT2D eigenvalue weighted by Gasteiger charge is -2.21. The number of hydrogen-bond acceptors (Lipinski definition) is 6. The van der Waals surface area contributed by atoms with Crippen LogP contribution in [0.5, 0.6) is 0 Å². The largest absolute Gasteiger partial charge is 0.382 e. The second kappa shape index (κ2) is 84.0. The molecule has 1 unspecified atom stereocenters. The average molecular weight is 1100 g/mol.